The molecule has 3 atom stereocenters. The number of nitrogens with zero attached hydrogens (tertiary/aromatic N) is 1. The van der Waals surface area contributed by atoms with Gasteiger partial charge in [-0.05, 0) is 101 Å². The van der Waals surface area contributed by atoms with E-state index < -0.39 is 31.5 Å². The standard InChI is InChI=1S/C26H36Br2N3O8P/c1-7-37-25(33)16(5)29-31(30-17(6)26(34)38-8-2)40(35,36)14-18-11-21(27)24(22(28)12-18)39-19-9-10-23(32)20(13-19)15(3)4/h9-13,15-17,29-30,32H,7-8,14H2,1-6H3,(H,35,36). The van der Waals surface area contributed by atoms with Crippen LogP contribution in [0.25, 0.3) is 0 Å². The number of nitrogens with one attached hydrogen (secondary N) is 2. The van der Waals surface area contributed by atoms with Gasteiger partial charge in [0.15, 0.2) is 5.75 Å². The van der Waals surface area contributed by atoms with Crippen LogP contribution in [0.15, 0.2) is 39.3 Å². The molecule has 0 spiro atoms. The molecule has 0 aliphatic rings. The SMILES string of the molecule is CCOC(=O)C(C)NN(NC(C)C(=O)OCC)P(=O)(O)Cc1cc(Br)c(Oc2ccc(O)c(C(C)C)c2)c(Br)c1. The lowest BCUT2D eigenvalue weighted by Crippen LogP contribution is -2.56. The smallest absolute Gasteiger partial charge is 0.324 e. The molecule has 0 saturated carbocycles. The normalized spacial score (nSPS) is 14.5. The molecule has 0 saturated heterocycles. The van der Waals surface area contributed by atoms with Gasteiger partial charge >= 0.3 is 19.5 Å². The zero-order valence-corrected chi connectivity index (χ0v) is 27.3. The van der Waals surface area contributed by atoms with Crippen molar-refractivity contribution in [3.63, 3.8) is 0 Å². The van der Waals surface area contributed by atoms with E-state index in [4.69, 9.17) is 14.2 Å². The molecule has 222 valence electrons. The number of halogens is 2. The number of aromatic hydroxyl groups is 1. The summed E-state index contributed by atoms with van der Waals surface area (Å²) in [5, 5.41) is 10.1. The zero-order valence-electron chi connectivity index (χ0n) is 23.2. The summed E-state index contributed by atoms with van der Waals surface area (Å²) in [7, 11) is -4.31. The molecule has 0 heterocycles. The number of rotatable bonds is 14. The van der Waals surface area contributed by atoms with Gasteiger partial charge in [-0.2, -0.15) is 0 Å². The van der Waals surface area contributed by atoms with Crippen LogP contribution in [0, 0.1) is 0 Å². The number of phenols is 1. The van der Waals surface area contributed by atoms with Crippen LogP contribution in [-0.2, 0) is 29.8 Å². The maximum Gasteiger partial charge on any atom is 0.324 e. The molecule has 40 heavy (non-hydrogen) atoms. The maximum absolute atomic E-state index is 13.6. The summed E-state index contributed by atoms with van der Waals surface area (Å²) in [4.78, 5) is 36.3. The fraction of sp³-hybridized carbons (Fsp3) is 0.462. The van der Waals surface area contributed by atoms with Crippen molar-refractivity contribution in [1.82, 2.24) is 15.7 Å². The van der Waals surface area contributed by atoms with Gasteiger partial charge in [0.1, 0.15) is 23.6 Å². The Morgan fingerprint density at radius 1 is 0.950 bits per heavy atom. The van der Waals surface area contributed by atoms with Crippen molar-refractivity contribution < 1.29 is 38.4 Å². The molecule has 0 aromatic heterocycles. The van der Waals surface area contributed by atoms with Gasteiger partial charge in [0.05, 0.1) is 28.3 Å². The number of hydrazine groups is 2. The topological polar surface area (TPSA) is 147 Å². The highest BCUT2D eigenvalue weighted by Crippen LogP contribution is 2.48. The molecule has 2 aromatic carbocycles. The molecule has 0 aliphatic carbocycles. The minimum absolute atomic E-state index is 0.0831. The Kier molecular flexibility index (Phi) is 13.1. The zero-order chi connectivity index (χ0) is 30.2. The van der Waals surface area contributed by atoms with Crippen LogP contribution in [0.4, 0.5) is 0 Å². The van der Waals surface area contributed by atoms with E-state index in [-0.39, 0.29) is 31.0 Å². The monoisotopic (exact) mass is 707 g/mol. The van der Waals surface area contributed by atoms with Crippen molar-refractivity contribution in [2.75, 3.05) is 13.2 Å². The van der Waals surface area contributed by atoms with Crippen molar-refractivity contribution in [3.8, 4) is 17.2 Å². The maximum atomic E-state index is 13.6. The van der Waals surface area contributed by atoms with Crippen LogP contribution in [-0.4, -0.2) is 52.1 Å². The molecule has 14 heteroatoms. The van der Waals surface area contributed by atoms with Gasteiger partial charge in [-0.25, -0.2) is 10.9 Å². The fourth-order valence-corrected chi connectivity index (χ4v) is 6.46. The highest BCUT2D eigenvalue weighted by Gasteiger charge is 2.34. The summed E-state index contributed by atoms with van der Waals surface area (Å²) >= 11 is 6.94. The summed E-state index contributed by atoms with van der Waals surface area (Å²) < 4.78 is 30.6. The minimum Gasteiger partial charge on any atom is -0.508 e. The molecule has 0 amide bonds. The van der Waals surface area contributed by atoms with E-state index in [9.17, 15) is 24.2 Å². The second-order valence-electron chi connectivity index (χ2n) is 9.21. The lowest BCUT2D eigenvalue weighted by molar-refractivity contribution is -0.147. The molecule has 2 aromatic rings. The number of benzene rings is 2. The van der Waals surface area contributed by atoms with Gasteiger partial charge in [-0.1, -0.05) is 18.7 Å². The number of ether oxygens (including phenoxy) is 3. The van der Waals surface area contributed by atoms with E-state index >= 15 is 0 Å². The first-order chi connectivity index (χ1) is 18.7. The molecule has 2 rings (SSSR count). The molecular formula is C26H36Br2N3O8P. The lowest BCUT2D eigenvalue weighted by Gasteiger charge is -2.32. The average molecular weight is 709 g/mol. The molecule has 0 bridgehead atoms. The Morgan fingerprint density at radius 2 is 1.45 bits per heavy atom. The average Bonchev–Trinajstić information content (AvgIpc) is 2.86. The van der Waals surface area contributed by atoms with E-state index in [1.54, 1.807) is 44.2 Å². The largest absolute Gasteiger partial charge is 0.508 e. The predicted octanol–water partition coefficient (Wildman–Crippen LogP) is 5.73. The third kappa shape index (κ3) is 9.54. The number of carbonyl (C=O) groups excluding carboxylic acids is 2. The van der Waals surface area contributed by atoms with Crippen LogP contribution in [0.5, 0.6) is 17.2 Å². The highest BCUT2D eigenvalue weighted by atomic mass is 79.9. The molecule has 11 nitrogen and oxygen atoms in total. The van der Waals surface area contributed by atoms with Crippen LogP contribution >= 0.6 is 39.4 Å². The second-order valence-corrected chi connectivity index (χ2v) is 13.0. The number of hydrogen-bond donors (Lipinski definition) is 4. The van der Waals surface area contributed by atoms with E-state index in [0.717, 1.165) is 10.5 Å². The molecule has 0 fully saturated rings. The van der Waals surface area contributed by atoms with Gasteiger partial charge < -0.3 is 24.2 Å². The number of hydrogen-bond acceptors (Lipinski definition) is 9. The van der Waals surface area contributed by atoms with Crippen LogP contribution in [0.3, 0.4) is 0 Å². The first kappa shape index (κ1) is 34.2. The van der Waals surface area contributed by atoms with E-state index in [2.05, 4.69) is 42.7 Å². The van der Waals surface area contributed by atoms with Gasteiger partial charge in [0.2, 0.25) is 0 Å². The Hall–Kier alpha value is -1.99. The summed E-state index contributed by atoms with van der Waals surface area (Å²) in [6.45, 7) is 10.4. The molecule has 3 unspecified atom stereocenters. The fourth-order valence-electron chi connectivity index (χ4n) is 3.51. The molecule has 0 aliphatic heterocycles. The van der Waals surface area contributed by atoms with Crippen molar-refractivity contribution >= 4 is 51.3 Å². The molecular weight excluding hydrogens is 673 g/mol. The van der Waals surface area contributed by atoms with Gasteiger partial charge in [0.25, 0.3) is 0 Å². The Labute approximate surface area is 251 Å². The summed E-state index contributed by atoms with van der Waals surface area (Å²) in [5.74, 6) is -0.0867. The quantitative estimate of drug-likeness (QED) is 0.108. The number of carbonyl (C=O) groups is 2. The van der Waals surface area contributed by atoms with Gasteiger partial charge in [-0.3, -0.25) is 14.2 Å². The predicted molar refractivity (Wildman–Crippen MR) is 158 cm³/mol. The highest BCUT2D eigenvalue weighted by molar-refractivity contribution is 9.11. The van der Waals surface area contributed by atoms with Crippen LogP contribution in [0.2, 0.25) is 0 Å². The summed E-state index contributed by atoms with van der Waals surface area (Å²) in [6, 6.07) is 6.21. The lowest BCUT2D eigenvalue weighted by atomic mass is 10.0. The van der Waals surface area contributed by atoms with E-state index in [1.165, 1.54) is 13.8 Å². The van der Waals surface area contributed by atoms with Crippen molar-refractivity contribution in [2.45, 2.75) is 65.7 Å². The van der Waals surface area contributed by atoms with Crippen LogP contribution in [0.1, 0.15) is 58.6 Å². The third-order valence-electron chi connectivity index (χ3n) is 5.51. The Morgan fingerprint density at radius 3 is 1.90 bits per heavy atom. The van der Waals surface area contributed by atoms with E-state index in [0.29, 0.717) is 26.0 Å². The van der Waals surface area contributed by atoms with Crippen molar-refractivity contribution in [1.29, 1.82) is 0 Å². The first-order valence-electron chi connectivity index (χ1n) is 12.7. The minimum atomic E-state index is -4.31. The Balaban J connectivity index is 2.33. The number of esters is 2. The van der Waals surface area contributed by atoms with Crippen molar-refractivity contribution in [2.24, 2.45) is 0 Å². The molecule has 4 N–H and O–H groups in total. The third-order valence-corrected chi connectivity index (χ3v) is 8.32. The summed E-state index contributed by atoms with van der Waals surface area (Å²) in [6.07, 6.45) is -0.369. The van der Waals surface area contributed by atoms with Crippen molar-refractivity contribution in [3.05, 3.63) is 50.4 Å². The van der Waals surface area contributed by atoms with Gasteiger partial charge in [-0.15, -0.1) is 0 Å². The van der Waals surface area contributed by atoms with Gasteiger partial charge in [0, 0.05) is 5.56 Å². The Bertz CT molecular complexity index is 1200. The molecule has 0 radical (unpaired) electrons. The van der Waals surface area contributed by atoms with E-state index in [1.807, 2.05) is 13.8 Å². The number of phenolic OH excluding ortho intramolecular Hbond substituents is 1. The summed E-state index contributed by atoms with van der Waals surface area (Å²) in [5.41, 5.74) is 6.46. The second kappa shape index (κ2) is 15.3. The first-order valence-corrected chi connectivity index (χ1v) is 16.0. The van der Waals surface area contributed by atoms with Crippen LogP contribution < -0.4 is 15.6 Å².